The molecule has 0 aliphatic carbocycles. The molecule has 0 radical (unpaired) electrons. The number of hydrogen-bond acceptors (Lipinski definition) is 4. The molecule has 0 bridgehead atoms. The Balaban J connectivity index is 2.18. The fourth-order valence-corrected chi connectivity index (χ4v) is 2.57. The fraction of sp³-hybridized carbons (Fsp3) is 0.538. The molecule has 0 saturated carbocycles. The van der Waals surface area contributed by atoms with Crippen molar-refractivity contribution >= 4 is 11.7 Å². The van der Waals surface area contributed by atoms with Crippen LogP contribution in [0.5, 0.6) is 0 Å². The molecule has 1 aliphatic heterocycles. The molecule has 1 aliphatic rings. The summed E-state index contributed by atoms with van der Waals surface area (Å²) >= 11 is 0. The standard InChI is InChI=1S/C13H20N4O/c14-6-5-10-3-2-8-17(9-10)13-11(12(15)18)4-1-7-16-13/h1,4,7,10H,2-3,5-6,8-9,14H2,(H2,15,18). The Morgan fingerprint density at radius 1 is 1.56 bits per heavy atom. The van der Waals surface area contributed by atoms with Crippen LogP contribution in [-0.4, -0.2) is 30.5 Å². The molecule has 1 aromatic heterocycles. The minimum atomic E-state index is -0.418. The van der Waals surface area contributed by atoms with E-state index in [4.69, 9.17) is 11.5 Å². The molecule has 0 aromatic carbocycles. The lowest BCUT2D eigenvalue weighted by Gasteiger charge is -2.34. The number of nitrogens with zero attached hydrogens (tertiary/aromatic N) is 2. The minimum absolute atomic E-state index is 0.418. The monoisotopic (exact) mass is 248 g/mol. The number of amides is 1. The molecular weight excluding hydrogens is 228 g/mol. The molecular formula is C13H20N4O. The summed E-state index contributed by atoms with van der Waals surface area (Å²) in [6, 6.07) is 3.47. The maximum atomic E-state index is 11.4. The number of carbonyl (C=O) groups excluding carboxylic acids is 1. The number of rotatable bonds is 4. The van der Waals surface area contributed by atoms with Gasteiger partial charge in [0.05, 0.1) is 5.56 Å². The van der Waals surface area contributed by atoms with Crippen LogP contribution in [0.25, 0.3) is 0 Å². The Morgan fingerprint density at radius 2 is 2.39 bits per heavy atom. The van der Waals surface area contributed by atoms with Gasteiger partial charge in [0.2, 0.25) is 0 Å². The van der Waals surface area contributed by atoms with E-state index >= 15 is 0 Å². The zero-order valence-electron chi connectivity index (χ0n) is 10.5. The first-order chi connectivity index (χ1) is 8.72. The highest BCUT2D eigenvalue weighted by atomic mass is 16.1. The van der Waals surface area contributed by atoms with E-state index in [1.54, 1.807) is 18.3 Å². The Hall–Kier alpha value is -1.62. The van der Waals surface area contributed by atoms with Crippen molar-refractivity contribution in [3.63, 3.8) is 0 Å². The average molecular weight is 248 g/mol. The van der Waals surface area contributed by atoms with Crippen molar-refractivity contribution in [3.8, 4) is 0 Å². The van der Waals surface area contributed by atoms with E-state index in [-0.39, 0.29) is 0 Å². The van der Waals surface area contributed by atoms with Crippen molar-refractivity contribution < 1.29 is 4.79 Å². The van der Waals surface area contributed by atoms with Gasteiger partial charge in [0.1, 0.15) is 5.82 Å². The molecule has 1 fully saturated rings. The van der Waals surface area contributed by atoms with Gasteiger partial charge in [-0.1, -0.05) is 0 Å². The van der Waals surface area contributed by atoms with Crippen LogP contribution >= 0.6 is 0 Å². The van der Waals surface area contributed by atoms with Gasteiger partial charge < -0.3 is 16.4 Å². The second kappa shape index (κ2) is 5.82. The van der Waals surface area contributed by atoms with E-state index in [0.29, 0.717) is 23.8 Å². The van der Waals surface area contributed by atoms with Gasteiger partial charge >= 0.3 is 0 Å². The van der Waals surface area contributed by atoms with Gasteiger partial charge in [0.25, 0.3) is 5.91 Å². The molecule has 4 N–H and O–H groups in total. The van der Waals surface area contributed by atoms with E-state index < -0.39 is 5.91 Å². The molecule has 2 heterocycles. The van der Waals surface area contributed by atoms with Gasteiger partial charge in [-0.05, 0) is 43.9 Å². The summed E-state index contributed by atoms with van der Waals surface area (Å²) in [5.74, 6) is 0.886. The summed E-state index contributed by atoms with van der Waals surface area (Å²) in [7, 11) is 0. The normalized spacial score (nSPS) is 19.8. The number of primary amides is 1. The van der Waals surface area contributed by atoms with Crippen molar-refractivity contribution in [3.05, 3.63) is 23.9 Å². The molecule has 0 spiro atoms. The first kappa shape index (κ1) is 12.8. The molecule has 1 atom stereocenters. The average Bonchev–Trinajstić information content (AvgIpc) is 2.39. The van der Waals surface area contributed by atoms with Gasteiger partial charge in [-0.25, -0.2) is 4.98 Å². The molecule has 1 aromatic rings. The molecule has 98 valence electrons. The molecule has 5 heteroatoms. The highest BCUT2D eigenvalue weighted by Gasteiger charge is 2.23. The van der Waals surface area contributed by atoms with Gasteiger partial charge in [0, 0.05) is 19.3 Å². The Morgan fingerprint density at radius 3 is 3.11 bits per heavy atom. The van der Waals surface area contributed by atoms with Crippen LogP contribution in [0.2, 0.25) is 0 Å². The number of aromatic nitrogens is 1. The maximum absolute atomic E-state index is 11.4. The zero-order chi connectivity index (χ0) is 13.0. The topological polar surface area (TPSA) is 85.2 Å². The van der Waals surface area contributed by atoms with Crippen LogP contribution in [0.4, 0.5) is 5.82 Å². The van der Waals surface area contributed by atoms with Crippen LogP contribution < -0.4 is 16.4 Å². The van der Waals surface area contributed by atoms with E-state index in [2.05, 4.69) is 9.88 Å². The van der Waals surface area contributed by atoms with Crippen LogP contribution in [0.3, 0.4) is 0 Å². The summed E-state index contributed by atoms with van der Waals surface area (Å²) in [6.07, 6.45) is 5.04. The lowest BCUT2D eigenvalue weighted by molar-refractivity contribution is 0.100. The highest BCUT2D eigenvalue weighted by molar-refractivity contribution is 5.97. The number of carbonyl (C=O) groups is 1. The number of piperidine rings is 1. The quantitative estimate of drug-likeness (QED) is 0.823. The third-order valence-electron chi connectivity index (χ3n) is 3.45. The van der Waals surface area contributed by atoms with Crippen molar-refractivity contribution in [2.45, 2.75) is 19.3 Å². The number of anilines is 1. The van der Waals surface area contributed by atoms with Crippen LogP contribution in [0.1, 0.15) is 29.6 Å². The van der Waals surface area contributed by atoms with E-state index in [9.17, 15) is 4.79 Å². The molecule has 1 unspecified atom stereocenters. The smallest absolute Gasteiger partial charge is 0.252 e. The fourth-order valence-electron chi connectivity index (χ4n) is 2.57. The first-order valence-electron chi connectivity index (χ1n) is 6.42. The number of nitrogens with two attached hydrogens (primary N) is 2. The zero-order valence-corrected chi connectivity index (χ0v) is 10.5. The number of pyridine rings is 1. The Kier molecular flexibility index (Phi) is 4.15. The highest BCUT2D eigenvalue weighted by Crippen LogP contribution is 2.25. The predicted octanol–water partition coefficient (Wildman–Crippen LogP) is 0.746. The lowest BCUT2D eigenvalue weighted by atomic mass is 9.94. The Labute approximate surface area is 107 Å². The van der Waals surface area contributed by atoms with E-state index in [0.717, 1.165) is 25.9 Å². The third kappa shape index (κ3) is 2.79. The van der Waals surface area contributed by atoms with Crippen LogP contribution in [0.15, 0.2) is 18.3 Å². The van der Waals surface area contributed by atoms with Gasteiger partial charge in [0.15, 0.2) is 0 Å². The van der Waals surface area contributed by atoms with E-state index in [1.165, 1.54) is 6.42 Å². The van der Waals surface area contributed by atoms with Crippen LogP contribution in [-0.2, 0) is 0 Å². The third-order valence-corrected chi connectivity index (χ3v) is 3.45. The molecule has 1 amide bonds. The molecule has 18 heavy (non-hydrogen) atoms. The van der Waals surface area contributed by atoms with Crippen LogP contribution in [0, 0.1) is 5.92 Å². The summed E-state index contributed by atoms with van der Waals surface area (Å²) < 4.78 is 0. The summed E-state index contributed by atoms with van der Waals surface area (Å²) in [6.45, 7) is 2.55. The van der Waals surface area contributed by atoms with Crippen molar-refractivity contribution in [2.24, 2.45) is 17.4 Å². The predicted molar refractivity (Wildman–Crippen MR) is 71.4 cm³/mol. The lowest BCUT2D eigenvalue weighted by Crippen LogP contribution is -2.38. The minimum Gasteiger partial charge on any atom is -0.365 e. The van der Waals surface area contributed by atoms with Crippen molar-refractivity contribution in [1.29, 1.82) is 0 Å². The SMILES string of the molecule is NCCC1CCCN(c2ncccc2C(N)=O)C1. The van der Waals surface area contributed by atoms with Crippen molar-refractivity contribution in [1.82, 2.24) is 4.98 Å². The molecule has 5 nitrogen and oxygen atoms in total. The molecule has 2 rings (SSSR count). The Bertz CT molecular complexity index is 419. The second-order valence-corrected chi connectivity index (χ2v) is 4.77. The van der Waals surface area contributed by atoms with Gasteiger partial charge in [-0.3, -0.25) is 4.79 Å². The summed E-state index contributed by atoms with van der Waals surface area (Å²) in [4.78, 5) is 17.9. The molecule has 1 saturated heterocycles. The first-order valence-corrected chi connectivity index (χ1v) is 6.42. The summed E-state index contributed by atoms with van der Waals surface area (Å²) in [5, 5.41) is 0. The van der Waals surface area contributed by atoms with E-state index in [1.807, 2.05) is 0 Å². The second-order valence-electron chi connectivity index (χ2n) is 4.77. The summed E-state index contributed by atoms with van der Waals surface area (Å²) in [5.41, 5.74) is 11.5. The van der Waals surface area contributed by atoms with Gasteiger partial charge in [-0.2, -0.15) is 0 Å². The largest absolute Gasteiger partial charge is 0.365 e. The van der Waals surface area contributed by atoms with Gasteiger partial charge in [-0.15, -0.1) is 0 Å². The maximum Gasteiger partial charge on any atom is 0.252 e. The van der Waals surface area contributed by atoms with Crippen molar-refractivity contribution in [2.75, 3.05) is 24.5 Å². The number of hydrogen-bond donors (Lipinski definition) is 2.